The van der Waals surface area contributed by atoms with E-state index in [9.17, 15) is 14.4 Å². The number of nitrogens with zero attached hydrogens (tertiary/aromatic N) is 3. The van der Waals surface area contributed by atoms with E-state index in [1.807, 2.05) is 43.3 Å². The minimum atomic E-state index is -0.729. The number of hydrogen-bond acceptors (Lipinski definition) is 8. The molecule has 7 rings (SSSR count). The van der Waals surface area contributed by atoms with Crippen LogP contribution < -0.4 is 20.4 Å². The Balaban J connectivity index is 1.06. The molecule has 5 heterocycles. The molecule has 2 saturated heterocycles. The van der Waals surface area contributed by atoms with Crippen LogP contribution in [0.25, 0.3) is 10.4 Å². The van der Waals surface area contributed by atoms with E-state index >= 15 is 4.39 Å². The molecule has 260 valence electrons. The van der Waals surface area contributed by atoms with Crippen LogP contribution in [0.3, 0.4) is 0 Å². The molecule has 1 spiro atoms. The molecule has 2 fully saturated rings. The number of carbonyl (C=O) groups is 3. The van der Waals surface area contributed by atoms with Crippen LogP contribution in [0.1, 0.15) is 65.6 Å². The summed E-state index contributed by atoms with van der Waals surface area (Å²) in [6.45, 7) is 10.6. The van der Waals surface area contributed by atoms with Gasteiger partial charge in [0.15, 0.2) is 5.82 Å². The molecule has 3 aliphatic rings. The van der Waals surface area contributed by atoms with Crippen molar-refractivity contribution in [2.75, 3.05) is 53.3 Å². The number of halogens is 1. The van der Waals surface area contributed by atoms with Crippen LogP contribution in [0.15, 0.2) is 60.7 Å². The van der Waals surface area contributed by atoms with Gasteiger partial charge in [0.05, 0.1) is 11.3 Å². The van der Waals surface area contributed by atoms with Crippen LogP contribution in [0.2, 0.25) is 0 Å². The SMILES string of the molecule is Cc1ccc(C(=O)Nc2ccc(C(=O)N3CCc4c(sc(NC(=O)OC(C)(C)C)c4F)-c4ccccc43)cc2)c(N2CC3(CCOCC3)C2)n1. The van der Waals surface area contributed by atoms with Crippen molar-refractivity contribution >= 4 is 51.4 Å². The van der Waals surface area contributed by atoms with Crippen molar-refractivity contribution in [2.24, 2.45) is 5.41 Å². The van der Waals surface area contributed by atoms with Crippen molar-refractivity contribution in [2.45, 2.75) is 52.6 Å². The van der Waals surface area contributed by atoms with Crippen molar-refractivity contribution < 1.29 is 28.2 Å². The Bertz CT molecular complexity index is 1960. The lowest BCUT2D eigenvalue weighted by Gasteiger charge is -2.53. The van der Waals surface area contributed by atoms with Gasteiger partial charge in [-0.3, -0.25) is 14.9 Å². The van der Waals surface area contributed by atoms with Gasteiger partial charge in [0.25, 0.3) is 11.8 Å². The smallest absolute Gasteiger partial charge is 0.412 e. The highest BCUT2D eigenvalue weighted by atomic mass is 32.1. The molecule has 10 nitrogen and oxygen atoms in total. The number of benzene rings is 2. The number of amides is 3. The second kappa shape index (κ2) is 13.1. The number of aryl methyl sites for hydroxylation is 1. The molecule has 2 N–H and O–H groups in total. The molecular weight excluding hydrogens is 658 g/mol. The molecule has 0 unspecified atom stereocenters. The number of anilines is 4. The van der Waals surface area contributed by atoms with E-state index in [1.54, 1.807) is 49.9 Å². The summed E-state index contributed by atoms with van der Waals surface area (Å²) in [4.78, 5) is 49.1. The fraction of sp³-hybridized carbons (Fsp3) is 0.368. The highest BCUT2D eigenvalue weighted by Crippen LogP contribution is 2.46. The topological polar surface area (TPSA) is 113 Å². The molecule has 2 aromatic carbocycles. The number of para-hydroxylation sites is 1. The van der Waals surface area contributed by atoms with E-state index in [2.05, 4.69) is 15.5 Å². The van der Waals surface area contributed by atoms with E-state index < -0.39 is 17.5 Å². The number of pyridine rings is 1. The van der Waals surface area contributed by atoms with Gasteiger partial charge in [-0.25, -0.2) is 14.2 Å². The molecular formula is C38H40FN5O5S. The number of thiophene rings is 1. The fourth-order valence-electron chi connectivity index (χ4n) is 6.86. The Morgan fingerprint density at radius 3 is 2.42 bits per heavy atom. The summed E-state index contributed by atoms with van der Waals surface area (Å²) in [6, 6.07) is 17.8. The monoisotopic (exact) mass is 697 g/mol. The van der Waals surface area contributed by atoms with Gasteiger partial charge >= 0.3 is 6.09 Å². The average Bonchev–Trinajstić information content (AvgIpc) is 3.27. The minimum absolute atomic E-state index is 0.0816. The Labute approximate surface area is 294 Å². The van der Waals surface area contributed by atoms with E-state index in [-0.39, 0.29) is 35.2 Å². The zero-order valence-electron chi connectivity index (χ0n) is 28.6. The maximum absolute atomic E-state index is 15.7. The molecule has 0 atom stereocenters. The zero-order valence-corrected chi connectivity index (χ0v) is 29.4. The van der Waals surface area contributed by atoms with E-state index in [4.69, 9.17) is 14.5 Å². The first-order valence-corrected chi connectivity index (χ1v) is 17.7. The number of aromatic nitrogens is 1. The van der Waals surface area contributed by atoms with E-state index in [1.165, 1.54) is 0 Å². The van der Waals surface area contributed by atoms with Gasteiger partial charge in [0.1, 0.15) is 16.4 Å². The molecule has 3 amide bonds. The number of fused-ring (bicyclic) bond motifs is 3. The predicted molar refractivity (Wildman–Crippen MR) is 193 cm³/mol. The summed E-state index contributed by atoms with van der Waals surface area (Å²) in [5.74, 6) is -0.356. The van der Waals surface area contributed by atoms with Gasteiger partial charge in [-0.15, -0.1) is 11.3 Å². The lowest BCUT2D eigenvalue weighted by atomic mass is 9.73. The van der Waals surface area contributed by atoms with Crippen molar-refractivity contribution in [1.82, 2.24) is 4.98 Å². The summed E-state index contributed by atoms with van der Waals surface area (Å²) in [5.41, 5.74) is 3.61. The number of ether oxygens (including phenoxy) is 2. The second-order valence-corrected chi connectivity index (χ2v) is 15.2. The fourth-order valence-corrected chi connectivity index (χ4v) is 8.01. The van der Waals surface area contributed by atoms with E-state index in [0.29, 0.717) is 44.3 Å². The molecule has 2 aromatic heterocycles. The Kier molecular flexibility index (Phi) is 8.85. The number of carbonyl (C=O) groups excluding carboxylic acids is 3. The standard InChI is InChI=1S/C38H40FN5O5S/c1-23-9-14-28(32(40-23)43-21-38(22-43)16-19-48-20-17-38)33(45)41-25-12-10-24(11-13-25)35(46)44-18-15-27-30(39)34(42-36(47)49-37(2,3)4)50-31(27)26-7-5-6-8-29(26)44/h5-14H,15-22H2,1-4H3,(H,41,45)(H,42,47). The van der Waals surface area contributed by atoms with Crippen molar-refractivity contribution in [3.63, 3.8) is 0 Å². The molecule has 0 bridgehead atoms. The Morgan fingerprint density at radius 2 is 1.70 bits per heavy atom. The van der Waals surface area contributed by atoms with Crippen LogP contribution in [0.4, 0.5) is 31.4 Å². The van der Waals surface area contributed by atoms with E-state index in [0.717, 1.165) is 56.2 Å². The Hall–Kier alpha value is -4.81. The first-order chi connectivity index (χ1) is 23.9. The van der Waals surface area contributed by atoms with Crippen molar-refractivity contribution in [3.8, 4) is 10.4 Å². The van der Waals surface area contributed by atoms with Crippen molar-refractivity contribution in [3.05, 3.63) is 88.9 Å². The summed E-state index contributed by atoms with van der Waals surface area (Å²) in [5, 5.41) is 5.62. The molecule has 0 saturated carbocycles. The summed E-state index contributed by atoms with van der Waals surface area (Å²) in [7, 11) is 0. The van der Waals surface area contributed by atoms with Gasteiger partial charge in [-0.05, 0) is 89.4 Å². The van der Waals surface area contributed by atoms with Crippen LogP contribution in [-0.4, -0.2) is 61.3 Å². The maximum Gasteiger partial charge on any atom is 0.412 e. The highest BCUT2D eigenvalue weighted by molar-refractivity contribution is 7.19. The van der Waals surface area contributed by atoms with Gasteiger partial charge in [-0.2, -0.15) is 0 Å². The maximum atomic E-state index is 15.7. The minimum Gasteiger partial charge on any atom is -0.444 e. The summed E-state index contributed by atoms with van der Waals surface area (Å²) < 4.78 is 26.6. The molecule has 0 radical (unpaired) electrons. The van der Waals surface area contributed by atoms with Crippen LogP contribution in [-0.2, 0) is 15.9 Å². The lowest BCUT2D eigenvalue weighted by Crippen LogP contribution is -2.59. The summed E-state index contributed by atoms with van der Waals surface area (Å²) >= 11 is 1.12. The van der Waals surface area contributed by atoms with Gasteiger partial charge in [0.2, 0.25) is 0 Å². The lowest BCUT2D eigenvalue weighted by molar-refractivity contribution is -0.000520. The largest absolute Gasteiger partial charge is 0.444 e. The molecule has 50 heavy (non-hydrogen) atoms. The number of rotatable bonds is 5. The van der Waals surface area contributed by atoms with Gasteiger partial charge in [-0.1, -0.05) is 18.2 Å². The molecule has 0 aliphatic carbocycles. The van der Waals surface area contributed by atoms with Crippen LogP contribution >= 0.6 is 11.3 Å². The number of hydrogen-bond donors (Lipinski definition) is 2. The highest BCUT2D eigenvalue weighted by Gasteiger charge is 2.45. The van der Waals surface area contributed by atoms with Gasteiger partial charge < -0.3 is 24.6 Å². The second-order valence-electron chi connectivity index (χ2n) is 14.2. The van der Waals surface area contributed by atoms with Gasteiger partial charge in [0, 0.05) is 71.2 Å². The van der Waals surface area contributed by atoms with Crippen molar-refractivity contribution in [1.29, 1.82) is 0 Å². The average molecular weight is 698 g/mol. The zero-order chi connectivity index (χ0) is 35.2. The Morgan fingerprint density at radius 1 is 0.980 bits per heavy atom. The third-order valence-electron chi connectivity index (χ3n) is 9.38. The van der Waals surface area contributed by atoms with Crippen LogP contribution in [0.5, 0.6) is 0 Å². The predicted octanol–water partition coefficient (Wildman–Crippen LogP) is 7.68. The third-order valence-corrected chi connectivity index (χ3v) is 10.5. The first kappa shape index (κ1) is 33.7. The summed E-state index contributed by atoms with van der Waals surface area (Å²) in [6.07, 6.45) is 1.56. The quantitative estimate of drug-likeness (QED) is 0.220. The molecule has 12 heteroatoms. The normalized spacial score (nSPS) is 16.5. The first-order valence-electron chi connectivity index (χ1n) is 16.8. The third kappa shape index (κ3) is 6.69. The number of nitrogens with one attached hydrogen (secondary N) is 2. The molecule has 4 aromatic rings. The van der Waals surface area contributed by atoms with Crippen LogP contribution in [0, 0.1) is 18.2 Å². The molecule has 3 aliphatic heterocycles.